The standard InChI is InChI=1S/C14H15N3O3/c1-20-9-4-2-3-8(5-9)12-13-10(15-7-16-13)6-11(17-12)14(18)19/h2-5,7,11-12,17H,6H2,1H3,(H,15,16)(H,18,19)/t11-,12+/m0/s1. The van der Waals surface area contributed by atoms with Gasteiger partial charge in [-0.05, 0) is 17.7 Å². The largest absolute Gasteiger partial charge is 0.497 e. The number of carboxylic acids is 1. The zero-order chi connectivity index (χ0) is 14.1. The highest BCUT2D eigenvalue weighted by Crippen LogP contribution is 2.30. The van der Waals surface area contributed by atoms with Crippen LogP contribution < -0.4 is 10.1 Å². The van der Waals surface area contributed by atoms with E-state index in [2.05, 4.69) is 15.3 Å². The summed E-state index contributed by atoms with van der Waals surface area (Å²) in [5, 5.41) is 12.4. The van der Waals surface area contributed by atoms with Gasteiger partial charge in [0.2, 0.25) is 0 Å². The van der Waals surface area contributed by atoms with E-state index in [-0.39, 0.29) is 6.04 Å². The van der Waals surface area contributed by atoms with Crippen LogP contribution in [0, 0.1) is 0 Å². The normalized spacial score (nSPS) is 21.2. The Balaban J connectivity index is 2.01. The molecule has 2 aromatic rings. The van der Waals surface area contributed by atoms with Crippen LogP contribution in [0.5, 0.6) is 5.75 Å². The molecule has 0 unspecified atom stereocenters. The van der Waals surface area contributed by atoms with Crippen LogP contribution in [0.2, 0.25) is 0 Å². The number of nitrogens with one attached hydrogen (secondary N) is 2. The Hall–Kier alpha value is -2.34. The zero-order valence-electron chi connectivity index (χ0n) is 11.0. The first-order valence-corrected chi connectivity index (χ1v) is 6.34. The van der Waals surface area contributed by atoms with Crippen molar-refractivity contribution < 1.29 is 14.6 Å². The van der Waals surface area contributed by atoms with Gasteiger partial charge >= 0.3 is 5.97 Å². The number of benzene rings is 1. The molecular formula is C14H15N3O3. The molecule has 0 amide bonds. The summed E-state index contributed by atoms with van der Waals surface area (Å²) >= 11 is 0. The van der Waals surface area contributed by atoms with Gasteiger partial charge in [-0.1, -0.05) is 12.1 Å². The van der Waals surface area contributed by atoms with Crippen molar-refractivity contribution in [3.8, 4) is 5.75 Å². The van der Waals surface area contributed by atoms with Crippen molar-refractivity contribution in [2.75, 3.05) is 7.11 Å². The van der Waals surface area contributed by atoms with Crippen molar-refractivity contribution >= 4 is 5.97 Å². The highest BCUT2D eigenvalue weighted by atomic mass is 16.5. The molecule has 1 aromatic carbocycles. The smallest absolute Gasteiger partial charge is 0.321 e. The van der Waals surface area contributed by atoms with Crippen molar-refractivity contribution in [1.82, 2.24) is 15.3 Å². The van der Waals surface area contributed by atoms with Crippen LogP contribution in [0.3, 0.4) is 0 Å². The summed E-state index contributed by atoms with van der Waals surface area (Å²) in [7, 11) is 1.60. The van der Waals surface area contributed by atoms with E-state index in [1.54, 1.807) is 13.4 Å². The molecule has 0 fully saturated rings. The Kier molecular flexibility index (Phi) is 3.15. The number of aromatic nitrogens is 2. The molecule has 0 spiro atoms. The molecule has 1 aliphatic rings. The van der Waals surface area contributed by atoms with E-state index in [0.717, 1.165) is 22.7 Å². The van der Waals surface area contributed by atoms with Crippen molar-refractivity contribution in [2.45, 2.75) is 18.5 Å². The first-order chi connectivity index (χ1) is 9.69. The Morgan fingerprint density at radius 2 is 2.35 bits per heavy atom. The van der Waals surface area contributed by atoms with Crippen molar-refractivity contribution in [1.29, 1.82) is 0 Å². The molecule has 3 rings (SSSR count). The summed E-state index contributed by atoms with van der Waals surface area (Å²) in [6.45, 7) is 0. The number of nitrogens with zero attached hydrogens (tertiary/aromatic N) is 1. The fourth-order valence-electron chi connectivity index (χ4n) is 2.52. The number of hydrogen-bond donors (Lipinski definition) is 3. The number of fused-ring (bicyclic) bond motifs is 1. The average molecular weight is 273 g/mol. The predicted octanol–water partition coefficient (Wildman–Crippen LogP) is 1.11. The summed E-state index contributed by atoms with van der Waals surface area (Å²) in [4.78, 5) is 18.6. The summed E-state index contributed by atoms with van der Waals surface area (Å²) in [5.74, 6) is -0.128. The Labute approximate surface area is 115 Å². The molecule has 2 heterocycles. The van der Waals surface area contributed by atoms with Gasteiger partial charge < -0.3 is 14.8 Å². The van der Waals surface area contributed by atoms with Gasteiger partial charge in [-0.3, -0.25) is 10.1 Å². The fourth-order valence-corrected chi connectivity index (χ4v) is 2.52. The molecule has 0 aliphatic carbocycles. The summed E-state index contributed by atoms with van der Waals surface area (Å²) in [5.41, 5.74) is 2.64. The monoisotopic (exact) mass is 273 g/mol. The maximum atomic E-state index is 11.3. The van der Waals surface area contributed by atoms with Gasteiger partial charge in [-0.25, -0.2) is 4.98 Å². The van der Waals surface area contributed by atoms with Crippen molar-refractivity contribution in [2.24, 2.45) is 0 Å². The number of carboxylic acid groups (broad SMARTS) is 1. The topological polar surface area (TPSA) is 87.2 Å². The number of ether oxygens (including phenoxy) is 1. The van der Waals surface area contributed by atoms with Gasteiger partial charge in [0, 0.05) is 12.1 Å². The molecule has 0 bridgehead atoms. The summed E-state index contributed by atoms with van der Waals surface area (Å²) in [6, 6.07) is 6.68. The fraction of sp³-hybridized carbons (Fsp3) is 0.286. The molecule has 6 heteroatoms. The van der Waals surface area contributed by atoms with E-state index in [9.17, 15) is 9.90 Å². The second kappa shape index (κ2) is 4.97. The maximum Gasteiger partial charge on any atom is 0.321 e. The summed E-state index contributed by atoms with van der Waals surface area (Å²) < 4.78 is 5.22. The van der Waals surface area contributed by atoms with Gasteiger partial charge in [0.25, 0.3) is 0 Å². The Morgan fingerprint density at radius 1 is 1.50 bits per heavy atom. The summed E-state index contributed by atoms with van der Waals surface area (Å²) in [6.07, 6.45) is 2.01. The number of H-pyrrole nitrogens is 1. The lowest BCUT2D eigenvalue weighted by Crippen LogP contribution is -2.45. The first kappa shape index (κ1) is 12.7. The van der Waals surface area contributed by atoms with E-state index < -0.39 is 12.0 Å². The van der Waals surface area contributed by atoms with E-state index >= 15 is 0 Å². The van der Waals surface area contributed by atoms with Crippen LogP contribution >= 0.6 is 0 Å². The van der Waals surface area contributed by atoms with E-state index in [1.165, 1.54) is 0 Å². The third-order valence-electron chi connectivity index (χ3n) is 3.53. The van der Waals surface area contributed by atoms with Crippen LogP contribution in [0.25, 0.3) is 0 Å². The molecule has 2 atom stereocenters. The van der Waals surface area contributed by atoms with Crippen molar-refractivity contribution in [3.63, 3.8) is 0 Å². The molecule has 0 saturated heterocycles. The maximum absolute atomic E-state index is 11.3. The Bertz CT molecular complexity index is 638. The molecule has 1 aliphatic heterocycles. The van der Waals surface area contributed by atoms with Gasteiger partial charge in [0.15, 0.2) is 0 Å². The third kappa shape index (κ3) is 2.14. The third-order valence-corrected chi connectivity index (χ3v) is 3.53. The number of aromatic amines is 1. The van der Waals surface area contributed by atoms with Crippen LogP contribution in [-0.4, -0.2) is 34.2 Å². The predicted molar refractivity (Wildman–Crippen MR) is 71.7 cm³/mol. The lowest BCUT2D eigenvalue weighted by molar-refractivity contribution is -0.139. The lowest BCUT2D eigenvalue weighted by Gasteiger charge is -2.28. The number of carbonyl (C=O) groups is 1. The highest BCUT2D eigenvalue weighted by Gasteiger charge is 2.33. The van der Waals surface area contributed by atoms with E-state index in [1.807, 2.05) is 24.3 Å². The molecule has 0 saturated carbocycles. The lowest BCUT2D eigenvalue weighted by atomic mass is 9.94. The second-order valence-corrected chi connectivity index (χ2v) is 4.74. The molecule has 104 valence electrons. The Morgan fingerprint density at radius 3 is 3.10 bits per heavy atom. The highest BCUT2D eigenvalue weighted by molar-refractivity contribution is 5.74. The molecular weight excluding hydrogens is 258 g/mol. The SMILES string of the molecule is COc1cccc([C@H]2N[C@H](C(=O)O)Cc3[nH]cnc32)c1. The molecule has 20 heavy (non-hydrogen) atoms. The van der Waals surface area contributed by atoms with Crippen LogP contribution in [-0.2, 0) is 11.2 Å². The van der Waals surface area contributed by atoms with Gasteiger partial charge in [0.1, 0.15) is 11.8 Å². The molecule has 1 aromatic heterocycles. The quantitative estimate of drug-likeness (QED) is 0.779. The van der Waals surface area contributed by atoms with Gasteiger partial charge in [-0.2, -0.15) is 0 Å². The average Bonchev–Trinajstić information content (AvgIpc) is 2.94. The minimum Gasteiger partial charge on any atom is -0.497 e. The minimum absolute atomic E-state index is 0.249. The van der Waals surface area contributed by atoms with Gasteiger partial charge in [0.05, 0.1) is 25.2 Å². The molecule has 0 radical (unpaired) electrons. The van der Waals surface area contributed by atoms with Crippen LogP contribution in [0.4, 0.5) is 0 Å². The number of rotatable bonds is 3. The van der Waals surface area contributed by atoms with Crippen LogP contribution in [0.15, 0.2) is 30.6 Å². The minimum atomic E-state index is -0.863. The number of methoxy groups -OCH3 is 1. The first-order valence-electron chi connectivity index (χ1n) is 6.34. The number of imidazole rings is 1. The number of hydrogen-bond acceptors (Lipinski definition) is 4. The van der Waals surface area contributed by atoms with Crippen LogP contribution in [0.1, 0.15) is 23.0 Å². The van der Waals surface area contributed by atoms with Crippen molar-refractivity contribution in [3.05, 3.63) is 47.5 Å². The van der Waals surface area contributed by atoms with E-state index in [4.69, 9.17) is 4.74 Å². The number of aliphatic carboxylic acids is 1. The second-order valence-electron chi connectivity index (χ2n) is 4.74. The molecule has 6 nitrogen and oxygen atoms in total. The molecule has 3 N–H and O–H groups in total. The zero-order valence-corrected chi connectivity index (χ0v) is 11.0. The van der Waals surface area contributed by atoms with Gasteiger partial charge in [-0.15, -0.1) is 0 Å². The van der Waals surface area contributed by atoms with E-state index in [0.29, 0.717) is 6.42 Å².